The van der Waals surface area contributed by atoms with Crippen LogP contribution in [0.25, 0.3) is 0 Å². The fraction of sp³-hybridized carbons (Fsp3) is 0.462. The van der Waals surface area contributed by atoms with Crippen LogP contribution in [-0.2, 0) is 0 Å². The van der Waals surface area contributed by atoms with Gasteiger partial charge in [0.1, 0.15) is 0 Å². The molecule has 0 saturated heterocycles. The summed E-state index contributed by atoms with van der Waals surface area (Å²) in [5, 5.41) is 7.42. The van der Waals surface area contributed by atoms with Gasteiger partial charge in [0.2, 0.25) is 0 Å². The number of nitrogens with two attached hydrogens (primary N) is 1. The number of primary amides is 1. The highest BCUT2D eigenvalue weighted by atomic mass is 16.5. The van der Waals surface area contributed by atoms with Crippen LogP contribution in [0, 0.1) is 0 Å². The van der Waals surface area contributed by atoms with E-state index in [9.17, 15) is 4.79 Å². The number of hydrogen-bond acceptors (Lipinski definition) is 2. The van der Waals surface area contributed by atoms with Crippen LogP contribution in [0.1, 0.15) is 40.0 Å². The number of hydrogen-bond donors (Lipinski definition) is 3. The van der Waals surface area contributed by atoms with E-state index in [4.69, 9.17) is 5.21 Å². The molecule has 2 amide bonds. The average Bonchev–Trinajstić information content (AvgIpc) is 2.66. The quantitative estimate of drug-likeness (QED) is 0.400. The molecule has 0 fully saturated rings. The van der Waals surface area contributed by atoms with E-state index in [-0.39, 0.29) is 7.43 Å². The fourth-order valence-corrected chi connectivity index (χ4v) is 1.30. The summed E-state index contributed by atoms with van der Waals surface area (Å²) in [5.74, 6) is 0. The summed E-state index contributed by atoms with van der Waals surface area (Å²) in [7, 11) is 0. The van der Waals surface area contributed by atoms with Crippen molar-refractivity contribution in [3.05, 3.63) is 36.0 Å². The van der Waals surface area contributed by atoms with Crippen molar-refractivity contribution in [1.29, 1.82) is 0 Å². The molecular formula is C13H24N2O2. The molecule has 4 N–H and O–H groups in total. The fourth-order valence-electron chi connectivity index (χ4n) is 1.30. The van der Waals surface area contributed by atoms with Gasteiger partial charge in [0.25, 0.3) is 0 Å². The van der Waals surface area contributed by atoms with Gasteiger partial charge in [-0.25, -0.2) is 10.3 Å². The topological polar surface area (TPSA) is 75.4 Å². The molecule has 0 aliphatic heterocycles. The summed E-state index contributed by atoms with van der Waals surface area (Å²) in [6.07, 6.45) is 11.5. The van der Waals surface area contributed by atoms with E-state index >= 15 is 0 Å². The number of nitrogens with one attached hydrogen (secondary N) is 1. The summed E-state index contributed by atoms with van der Waals surface area (Å²) >= 11 is 0. The van der Waals surface area contributed by atoms with Gasteiger partial charge in [-0.2, -0.15) is 0 Å². The molecule has 4 nitrogen and oxygen atoms in total. The monoisotopic (exact) mass is 240 g/mol. The molecule has 98 valence electrons. The predicted molar refractivity (Wildman–Crippen MR) is 71.7 cm³/mol. The minimum Gasteiger partial charge on any atom is -0.350 e. The number of carbonyl (C=O) groups excluding carboxylic acids is 1. The Bertz CT molecular complexity index is 294. The van der Waals surface area contributed by atoms with E-state index in [0.29, 0.717) is 0 Å². The third kappa shape index (κ3) is 9.38. The van der Waals surface area contributed by atoms with Crippen molar-refractivity contribution < 1.29 is 10.0 Å². The molecule has 1 aliphatic rings. The Hall–Kier alpha value is -1.55. The van der Waals surface area contributed by atoms with Gasteiger partial charge in [-0.1, -0.05) is 52.0 Å². The average molecular weight is 240 g/mol. The maximum atomic E-state index is 9.23. The van der Waals surface area contributed by atoms with Crippen molar-refractivity contribution >= 4 is 6.03 Å². The van der Waals surface area contributed by atoms with Gasteiger partial charge in [0.05, 0.1) is 0 Å². The molecule has 1 aliphatic carbocycles. The highest BCUT2D eigenvalue weighted by Crippen LogP contribution is 2.21. The number of allylic oxidation sites excluding steroid dienone is 5. The molecule has 0 bridgehead atoms. The molecule has 0 unspecified atom stereocenters. The van der Waals surface area contributed by atoms with Crippen LogP contribution in [0.2, 0.25) is 0 Å². The van der Waals surface area contributed by atoms with Gasteiger partial charge < -0.3 is 5.73 Å². The number of carbonyl (C=O) groups is 1. The first-order chi connectivity index (χ1) is 7.61. The van der Waals surface area contributed by atoms with Crippen LogP contribution < -0.4 is 11.2 Å². The van der Waals surface area contributed by atoms with Crippen LogP contribution in [0.3, 0.4) is 0 Å². The van der Waals surface area contributed by atoms with Gasteiger partial charge >= 0.3 is 6.03 Å². The molecule has 0 saturated carbocycles. The minimum absolute atomic E-state index is 0. The summed E-state index contributed by atoms with van der Waals surface area (Å²) in [6, 6.07) is -0.940. The number of urea groups is 1. The summed E-state index contributed by atoms with van der Waals surface area (Å²) in [4.78, 5) is 9.23. The second-order valence-corrected chi connectivity index (χ2v) is 3.51. The van der Waals surface area contributed by atoms with Crippen molar-refractivity contribution in [1.82, 2.24) is 5.48 Å². The smallest absolute Gasteiger partial charge is 0.335 e. The van der Waals surface area contributed by atoms with Crippen molar-refractivity contribution in [3.63, 3.8) is 0 Å². The van der Waals surface area contributed by atoms with E-state index in [2.05, 4.69) is 37.5 Å². The molecule has 0 aromatic carbocycles. The SMILES string of the molecule is C.C=C1C=CC=C1CCCCC.NC(=O)NO. The normalized spacial score (nSPS) is 12.1. The Kier molecular flexibility index (Phi) is 11.5. The van der Waals surface area contributed by atoms with Gasteiger partial charge in [-0.15, -0.1) is 0 Å². The minimum atomic E-state index is -0.940. The second kappa shape index (κ2) is 11.0. The Labute approximate surface area is 104 Å². The molecule has 4 heteroatoms. The number of hydroxylamine groups is 1. The summed E-state index contributed by atoms with van der Waals surface area (Å²) < 4.78 is 0. The van der Waals surface area contributed by atoms with Crippen molar-refractivity contribution in [2.45, 2.75) is 40.0 Å². The Morgan fingerprint density at radius 2 is 2.12 bits per heavy atom. The predicted octanol–water partition coefficient (Wildman–Crippen LogP) is 3.30. The largest absolute Gasteiger partial charge is 0.350 e. The highest BCUT2D eigenvalue weighted by Gasteiger charge is 2.02. The Morgan fingerprint density at radius 3 is 2.47 bits per heavy atom. The summed E-state index contributed by atoms with van der Waals surface area (Å²) in [5.41, 5.74) is 8.10. The lowest BCUT2D eigenvalue weighted by Gasteiger charge is -2.01. The molecule has 17 heavy (non-hydrogen) atoms. The van der Waals surface area contributed by atoms with Crippen LogP contribution >= 0.6 is 0 Å². The zero-order chi connectivity index (χ0) is 12.4. The Morgan fingerprint density at radius 1 is 1.53 bits per heavy atom. The molecule has 0 aromatic rings. The zero-order valence-electron chi connectivity index (χ0n) is 9.70. The molecule has 0 atom stereocenters. The van der Waals surface area contributed by atoms with Crippen LogP contribution in [0.15, 0.2) is 36.0 Å². The molecule has 0 aromatic heterocycles. The van der Waals surface area contributed by atoms with Gasteiger partial charge in [-0.3, -0.25) is 5.21 Å². The Balaban J connectivity index is 0. The van der Waals surface area contributed by atoms with Gasteiger partial charge in [0.15, 0.2) is 0 Å². The zero-order valence-corrected chi connectivity index (χ0v) is 9.70. The highest BCUT2D eigenvalue weighted by molar-refractivity contribution is 5.69. The van der Waals surface area contributed by atoms with Crippen LogP contribution in [-0.4, -0.2) is 11.2 Å². The second-order valence-electron chi connectivity index (χ2n) is 3.51. The molecule has 0 radical (unpaired) electrons. The van der Waals surface area contributed by atoms with Gasteiger partial charge in [-0.05, 0) is 24.0 Å². The lowest BCUT2D eigenvalue weighted by molar-refractivity contribution is 0.169. The van der Waals surface area contributed by atoms with Crippen molar-refractivity contribution in [2.24, 2.45) is 5.73 Å². The van der Waals surface area contributed by atoms with E-state index < -0.39 is 6.03 Å². The van der Waals surface area contributed by atoms with Crippen LogP contribution in [0.5, 0.6) is 0 Å². The standard InChI is InChI=1S/C11H16.CH4N2O2.CH4/c1-3-4-5-8-11-9-6-7-10(11)2;2-1(4)3-5;/h6-7,9H,2-5,8H2,1H3;5H,(H3,2,3,4);1H4. The third-order valence-corrected chi connectivity index (χ3v) is 2.17. The van der Waals surface area contributed by atoms with Gasteiger partial charge in [0, 0.05) is 0 Å². The van der Waals surface area contributed by atoms with E-state index in [1.54, 1.807) is 0 Å². The molecule has 0 spiro atoms. The molecular weight excluding hydrogens is 216 g/mol. The number of amides is 2. The van der Waals surface area contributed by atoms with E-state index in [0.717, 1.165) is 0 Å². The van der Waals surface area contributed by atoms with Crippen LogP contribution in [0.4, 0.5) is 4.79 Å². The first-order valence-electron chi connectivity index (χ1n) is 5.37. The lowest BCUT2D eigenvalue weighted by Crippen LogP contribution is -2.25. The van der Waals surface area contributed by atoms with E-state index in [1.807, 2.05) is 0 Å². The first-order valence-corrected chi connectivity index (χ1v) is 5.37. The molecule has 1 rings (SSSR count). The number of unbranched alkanes of at least 4 members (excludes halogenated alkanes) is 2. The third-order valence-electron chi connectivity index (χ3n) is 2.17. The molecule has 0 heterocycles. The summed E-state index contributed by atoms with van der Waals surface area (Å²) in [6.45, 7) is 6.19. The van der Waals surface area contributed by atoms with Crippen molar-refractivity contribution in [3.8, 4) is 0 Å². The maximum absolute atomic E-state index is 9.23. The number of rotatable bonds is 4. The van der Waals surface area contributed by atoms with Crippen molar-refractivity contribution in [2.75, 3.05) is 0 Å². The lowest BCUT2D eigenvalue weighted by atomic mass is 10.0. The maximum Gasteiger partial charge on any atom is 0.335 e. The van der Waals surface area contributed by atoms with E-state index in [1.165, 1.54) is 42.3 Å². The first kappa shape index (κ1) is 17.8.